The molecule has 1 aliphatic rings. The molecule has 0 radical (unpaired) electrons. The zero-order chi connectivity index (χ0) is 26.0. The van der Waals surface area contributed by atoms with Gasteiger partial charge in [-0.25, -0.2) is 8.42 Å². The van der Waals surface area contributed by atoms with E-state index >= 15 is 0 Å². The Labute approximate surface area is 213 Å². The highest BCUT2D eigenvalue weighted by Crippen LogP contribution is 2.46. The van der Waals surface area contributed by atoms with Gasteiger partial charge in [0.15, 0.2) is 0 Å². The van der Waals surface area contributed by atoms with E-state index in [4.69, 9.17) is 9.40 Å². The average Bonchev–Trinajstić information content (AvgIpc) is 3.60. The van der Waals surface area contributed by atoms with Crippen LogP contribution < -0.4 is 9.62 Å². The van der Waals surface area contributed by atoms with E-state index in [0.717, 1.165) is 42.4 Å². The van der Waals surface area contributed by atoms with Crippen molar-refractivity contribution in [1.29, 1.82) is 0 Å². The highest BCUT2D eigenvalue weighted by Gasteiger charge is 2.34. The second-order valence-electron chi connectivity index (χ2n) is 9.63. The Bertz CT molecular complexity index is 1400. The van der Waals surface area contributed by atoms with E-state index in [1.165, 1.54) is 10.6 Å². The standard InChI is InChI=1S/C26H34N3O5PS/c1-17-8-10-19(11-9-17)23-22(25(30)27-2)21-16-20(18-12-13-18)24(28-26(21)34-23)29(36(4,32)33)14-6-5-7-15-35(3)31/h8-11,16,18,35H,5-7,12-15H2,1-4H3,(H,27,30). The third kappa shape index (κ3) is 5.84. The number of nitrogens with zero attached hydrogens (tertiary/aromatic N) is 2. The number of aromatic nitrogens is 1. The lowest BCUT2D eigenvalue weighted by Gasteiger charge is -2.24. The first-order chi connectivity index (χ1) is 17.1. The molecule has 36 heavy (non-hydrogen) atoms. The van der Waals surface area contributed by atoms with Crippen LogP contribution in [0.25, 0.3) is 22.4 Å². The van der Waals surface area contributed by atoms with E-state index in [-0.39, 0.29) is 24.1 Å². The zero-order valence-corrected chi connectivity index (χ0v) is 23.1. The highest BCUT2D eigenvalue weighted by molar-refractivity contribution is 7.92. The third-order valence-electron chi connectivity index (χ3n) is 6.50. The fourth-order valence-corrected chi connectivity index (χ4v) is 6.09. The summed E-state index contributed by atoms with van der Waals surface area (Å²) >= 11 is 0. The predicted octanol–water partition coefficient (Wildman–Crippen LogP) is 5.17. The van der Waals surface area contributed by atoms with Gasteiger partial charge in [-0.2, -0.15) is 4.98 Å². The van der Waals surface area contributed by atoms with Crippen molar-refractivity contribution in [3.63, 3.8) is 0 Å². The molecule has 1 fully saturated rings. The van der Waals surface area contributed by atoms with Crippen molar-refractivity contribution in [2.75, 3.05) is 37.0 Å². The van der Waals surface area contributed by atoms with Crippen LogP contribution in [-0.2, 0) is 14.6 Å². The van der Waals surface area contributed by atoms with Crippen molar-refractivity contribution in [1.82, 2.24) is 10.3 Å². The molecule has 0 saturated heterocycles. The summed E-state index contributed by atoms with van der Waals surface area (Å²) in [6, 6.07) is 9.59. The van der Waals surface area contributed by atoms with Crippen LogP contribution in [0.4, 0.5) is 5.82 Å². The molecule has 0 bridgehead atoms. The third-order valence-corrected chi connectivity index (χ3v) is 8.72. The van der Waals surface area contributed by atoms with Crippen molar-refractivity contribution in [2.45, 2.75) is 44.9 Å². The van der Waals surface area contributed by atoms with Crippen LogP contribution in [0.15, 0.2) is 34.7 Å². The Balaban J connectivity index is 1.81. The lowest BCUT2D eigenvalue weighted by Crippen LogP contribution is -2.32. The maximum atomic E-state index is 12.9. The van der Waals surface area contributed by atoms with Gasteiger partial charge < -0.3 is 14.3 Å². The van der Waals surface area contributed by atoms with Crippen LogP contribution in [-0.4, -0.2) is 52.0 Å². The summed E-state index contributed by atoms with van der Waals surface area (Å²) in [7, 11) is -3.55. The molecular weight excluding hydrogens is 497 g/mol. The number of benzene rings is 1. The molecule has 2 aromatic heterocycles. The normalized spacial score (nSPS) is 14.7. The number of pyridine rings is 1. The number of hydrogen-bond donors (Lipinski definition) is 1. The Morgan fingerprint density at radius 2 is 1.89 bits per heavy atom. The highest BCUT2D eigenvalue weighted by atomic mass is 32.2. The molecule has 1 amide bonds. The molecule has 8 nitrogen and oxygen atoms in total. The number of rotatable bonds is 11. The van der Waals surface area contributed by atoms with Crippen molar-refractivity contribution in [2.24, 2.45) is 0 Å². The van der Waals surface area contributed by atoms with Crippen LogP contribution in [0.2, 0.25) is 0 Å². The summed E-state index contributed by atoms with van der Waals surface area (Å²) in [5.41, 5.74) is 3.30. The number of unbranched alkanes of at least 4 members (excludes halogenated alkanes) is 2. The van der Waals surface area contributed by atoms with Crippen LogP contribution in [0.3, 0.4) is 0 Å². The first-order valence-electron chi connectivity index (χ1n) is 12.3. The number of hydrogen-bond acceptors (Lipinski definition) is 6. The Morgan fingerprint density at radius 1 is 1.19 bits per heavy atom. The number of furan rings is 1. The van der Waals surface area contributed by atoms with Crippen LogP contribution >= 0.6 is 7.80 Å². The molecule has 0 spiro atoms. The topological polar surface area (TPSA) is 110 Å². The number of amides is 1. The lowest BCUT2D eigenvalue weighted by atomic mass is 10.0. The molecule has 1 aromatic carbocycles. The number of nitrogens with one attached hydrogen (secondary N) is 1. The second kappa shape index (κ2) is 10.8. The molecule has 10 heteroatoms. The quantitative estimate of drug-likeness (QED) is 0.270. The zero-order valence-electron chi connectivity index (χ0n) is 21.3. The first-order valence-corrected chi connectivity index (χ1v) is 16.3. The molecule has 1 saturated carbocycles. The van der Waals surface area contributed by atoms with Gasteiger partial charge in [0, 0.05) is 19.2 Å². The molecule has 2 heterocycles. The number of aryl methyl sites for hydroxylation is 1. The van der Waals surface area contributed by atoms with E-state index in [1.54, 1.807) is 13.7 Å². The van der Waals surface area contributed by atoms with E-state index in [0.29, 0.717) is 35.1 Å². The molecule has 3 aromatic rings. The fraction of sp³-hybridized carbons (Fsp3) is 0.462. The molecule has 194 valence electrons. The van der Waals surface area contributed by atoms with Crippen LogP contribution in [0, 0.1) is 6.92 Å². The molecule has 1 unspecified atom stereocenters. The van der Waals surface area contributed by atoms with Gasteiger partial charge in [0.25, 0.3) is 5.91 Å². The number of sulfonamides is 1. The van der Waals surface area contributed by atoms with Crippen molar-refractivity contribution < 1.29 is 22.2 Å². The number of carbonyl (C=O) groups is 1. The van der Waals surface area contributed by atoms with Crippen molar-refractivity contribution >= 4 is 40.6 Å². The molecular formula is C26H34N3O5PS. The number of carbonyl (C=O) groups excluding carboxylic acids is 1. The van der Waals surface area contributed by atoms with Gasteiger partial charge in [0.05, 0.1) is 25.0 Å². The Kier molecular flexibility index (Phi) is 7.90. The van der Waals surface area contributed by atoms with E-state index in [2.05, 4.69) is 5.32 Å². The Morgan fingerprint density at radius 3 is 2.47 bits per heavy atom. The first kappa shape index (κ1) is 26.4. The van der Waals surface area contributed by atoms with Gasteiger partial charge in [-0.1, -0.05) is 36.2 Å². The van der Waals surface area contributed by atoms with Gasteiger partial charge in [-0.3, -0.25) is 9.10 Å². The van der Waals surface area contributed by atoms with Crippen LogP contribution in [0.5, 0.6) is 0 Å². The summed E-state index contributed by atoms with van der Waals surface area (Å²) in [4.78, 5) is 17.7. The molecule has 4 rings (SSSR count). The SMILES string of the molecule is CNC(=O)c1c(-c2ccc(C)cc2)oc2nc(N(CCCCC[PH](C)=O)S(C)(=O)=O)c(C3CC3)cc12. The Hall–Kier alpha value is -2.64. The summed E-state index contributed by atoms with van der Waals surface area (Å²) in [5, 5.41) is 3.28. The molecule has 1 N–H and O–H groups in total. The minimum absolute atomic E-state index is 0.196. The number of fused-ring (bicyclic) bond motifs is 1. The average molecular weight is 532 g/mol. The lowest BCUT2D eigenvalue weighted by molar-refractivity contribution is 0.0964. The number of anilines is 1. The maximum Gasteiger partial charge on any atom is 0.255 e. The maximum absolute atomic E-state index is 12.9. The minimum atomic E-state index is -3.61. The van der Waals surface area contributed by atoms with E-state index < -0.39 is 17.8 Å². The monoisotopic (exact) mass is 531 g/mol. The summed E-state index contributed by atoms with van der Waals surface area (Å²) in [5.74, 6) is 0.707. The van der Waals surface area contributed by atoms with Crippen LogP contribution in [0.1, 0.15) is 59.5 Å². The van der Waals surface area contributed by atoms with Gasteiger partial charge >= 0.3 is 0 Å². The fourth-order valence-electron chi connectivity index (χ4n) is 4.42. The summed E-state index contributed by atoms with van der Waals surface area (Å²) in [6.07, 6.45) is 5.99. The summed E-state index contributed by atoms with van der Waals surface area (Å²) < 4.78 is 44.7. The van der Waals surface area contributed by atoms with Gasteiger partial charge in [-0.05, 0) is 63.0 Å². The van der Waals surface area contributed by atoms with Gasteiger partial charge in [-0.15, -0.1) is 0 Å². The van der Waals surface area contributed by atoms with Crippen molar-refractivity contribution in [3.05, 3.63) is 47.0 Å². The molecule has 0 aliphatic heterocycles. The smallest absolute Gasteiger partial charge is 0.255 e. The van der Waals surface area contributed by atoms with E-state index in [9.17, 15) is 17.8 Å². The predicted molar refractivity (Wildman–Crippen MR) is 145 cm³/mol. The van der Waals surface area contributed by atoms with Crippen molar-refractivity contribution in [3.8, 4) is 11.3 Å². The molecule has 1 aliphatic carbocycles. The van der Waals surface area contributed by atoms with Gasteiger partial charge in [0.2, 0.25) is 15.7 Å². The molecule has 1 atom stereocenters. The summed E-state index contributed by atoms with van der Waals surface area (Å²) in [6.45, 7) is 4.02. The van der Waals surface area contributed by atoms with Gasteiger partial charge in [0.1, 0.15) is 11.6 Å². The van der Waals surface area contributed by atoms with E-state index in [1.807, 2.05) is 37.3 Å². The largest absolute Gasteiger partial charge is 0.437 e. The minimum Gasteiger partial charge on any atom is -0.437 e. The second-order valence-corrected chi connectivity index (χ2v) is 13.4.